The average molecular weight is 374 g/mol. The summed E-state index contributed by atoms with van der Waals surface area (Å²) in [4.78, 5) is 11.2. The van der Waals surface area contributed by atoms with Crippen molar-refractivity contribution in [1.82, 2.24) is 19.4 Å². The number of morpholine rings is 1. The largest absolute Gasteiger partial charge is 0.453 e. The molecule has 0 N–H and O–H groups in total. The van der Waals surface area contributed by atoms with Gasteiger partial charge >= 0.3 is 0 Å². The molecule has 6 heteroatoms. The number of hydrogen-bond donors (Lipinski definition) is 0. The zero-order valence-electron chi connectivity index (χ0n) is 15.6. The number of hydrogen-bond acceptors (Lipinski definition) is 5. The topological polar surface area (TPSA) is 56.3 Å². The third kappa shape index (κ3) is 3.32. The molecule has 1 aromatic carbocycles. The highest BCUT2D eigenvalue weighted by atomic mass is 16.5. The fourth-order valence-corrected chi connectivity index (χ4v) is 3.87. The van der Waals surface area contributed by atoms with Crippen LogP contribution in [0.2, 0.25) is 0 Å². The number of benzene rings is 1. The Labute approximate surface area is 163 Å². The molecule has 1 saturated heterocycles. The summed E-state index contributed by atoms with van der Waals surface area (Å²) < 4.78 is 13.8. The van der Waals surface area contributed by atoms with Gasteiger partial charge in [-0.05, 0) is 29.8 Å². The van der Waals surface area contributed by atoms with Crippen molar-refractivity contribution in [1.29, 1.82) is 0 Å². The van der Waals surface area contributed by atoms with Gasteiger partial charge in [-0.25, -0.2) is 4.98 Å². The first-order valence-corrected chi connectivity index (χ1v) is 9.60. The minimum atomic E-state index is 0.226. The summed E-state index contributed by atoms with van der Waals surface area (Å²) in [6, 6.07) is 14.5. The van der Waals surface area contributed by atoms with Crippen molar-refractivity contribution in [3.63, 3.8) is 0 Å². The summed E-state index contributed by atoms with van der Waals surface area (Å²) in [6.07, 6.45) is 7.58. The van der Waals surface area contributed by atoms with Gasteiger partial charge in [0, 0.05) is 49.8 Å². The van der Waals surface area contributed by atoms with Crippen LogP contribution in [0, 0.1) is 0 Å². The standard InChI is InChI=1S/C22H22N4O2/c1-2-4-20-18(3-1)15-21(28-20)22-24-9-10-26(22)16-19(17-5-7-23-8-6-17)25-11-13-27-14-12-25/h1-10,15,19H,11-14,16H2. The number of fused-ring (bicyclic) bond motifs is 1. The second-order valence-electron chi connectivity index (χ2n) is 7.00. The second kappa shape index (κ2) is 7.58. The molecular formula is C22H22N4O2. The normalized spacial score (nSPS) is 16.4. The van der Waals surface area contributed by atoms with E-state index in [4.69, 9.17) is 9.15 Å². The van der Waals surface area contributed by atoms with Gasteiger partial charge in [0.2, 0.25) is 0 Å². The first kappa shape index (κ1) is 17.2. The van der Waals surface area contributed by atoms with Gasteiger partial charge in [0.25, 0.3) is 0 Å². The van der Waals surface area contributed by atoms with Gasteiger partial charge in [-0.3, -0.25) is 9.88 Å². The first-order valence-electron chi connectivity index (χ1n) is 9.60. The van der Waals surface area contributed by atoms with E-state index in [0.29, 0.717) is 0 Å². The van der Waals surface area contributed by atoms with Gasteiger partial charge in [-0.15, -0.1) is 0 Å². The Morgan fingerprint density at radius 3 is 2.64 bits per heavy atom. The number of ether oxygens (including phenoxy) is 1. The van der Waals surface area contributed by atoms with Crippen LogP contribution in [0.25, 0.3) is 22.6 Å². The molecule has 142 valence electrons. The molecule has 6 nitrogen and oxygen atoms in total. The minimum absolute atomic E-state index is 0.226. The van der Waals surface area contributed by atoms with Gasteiger partial charge in [0.15, 0.2) is 11.6 Å². The Balaban J connectivity index is 1.49. The predicted octanol–water partition coefficient (Wildman–Crippen LogP) is 3.76. The Bertz CT molecular complexity index is 1020. The van der Waals surface area contributed by atoms with E-state index in [2.05, 4.69) is 43.7 Å². The number of furan rings is 1. The van der Waals surface area contributed by atoms with E-state index < -0.39 is 0 Å². The molecule has 1 aliphatic rings. The lowest BCUT2D eigenvalue weighted by molar-refractivity contribution is 0.0124. The Hall–Kier alpha value is -2.96. The SMILES string of the molecule is c1ccc2oc(-c3nccn3CC(c3ccncc3)N3CCOCC3)cc2c1. The van der Waals surface area contributed by atoms with Crippen LogP contribution >= 0.6 is 0 Å². The quantitative estimate of drug-likeness (QED) is 0.532. The van der Waals surface area contributed by atoms with Crippen LogP contribution in [-0.2, 0) is 11.3 Å². The van der Waals surface area contributed by atoms with Crippen molar-refractivity contribution in [2.45, 2.75) is 12.6 Å². The molecule has 28 heavy (non-hydrogen) atoms. The summed E-state index contributed by atoms with van der Waals surface area (Å²) in [5.74, 6) is 1.64. The van der Waals surface area contributed by atoms with Crippen molar-refractivity contribution < 1.29 is 9.15 Å². The monoisotopic (exact) mass is 374 g/mol. The van der Waals surface area contributed by atoms with Crippen molar-refractivity contribution >= 4 is 11.0 Å². The highest BCUT2D eigenvalue weighted by molar-refractivity contribution is 5.81. The van der Waals surface area contributed by atoms with E-state index in [9.17, 15) is 0 Å². The maximum atomic E-state index is 6.06. The van der Waals surface area contributed by atoms with Crippen molar-refractivity contribution in [3.8, 4) is 11.6 Å². The van der Waals surface area contributed by atoms with Crippen LogP contribution < -0.4 is 0 Å². The van der Waals surface area contributed by atoms with Crippen LogP contribution in [0.3, 0.4) is 0 Å². The summed E-state index contributed by atoms with van der Waals surface area (Å²) in [5.41, 5.74) is 2.13. The molecule has 0 spiro atoms. The predicted molar refractivity (Wildman–Crippen MR) is 107 cm³/mol. The molecule has 1 fully saturated rings. The molecule has 0 aliphatic carbocycles. The summed E-state index contributed by atoms with van der Waals surface area (Å²) >= 11 is 0. The lowest BCUT2D eigenvalue weighted by Gasteiger charge is -2.35. The highest BCUT2D eigenvalue weighted by Gasteiger charge is 2.24. The maximum Gasteiger partial charge on any atom is 0.176 e. The van der Waals surface area contributed by atoms with Crippen LogP contribution in [0.1, 0.15) is 11.6 Å². The third-order valence-corrected chi connectivity index (χ3v) is 5.31. The molecule has 1 aliphatic heterocycles. The van der Waals surface area contributed by atoms with Gasteiger partial charge in [0.1, 0.15) is 5.58 Å². The highest BCUT2D eigenvalue weighted by Crippen LogP contribution is 2.29. The van der Waals surface area contributed by atoms with E-state index in [0.717, 1.165) is 55.4 Å². The van der Waals surface area contributed by atoms with E-state index >= 15 is 0 Å². The van der Waals surface area contributed by atoms with Crippen LogP contribution in [0.15, 0.2) is 71.7 Å². The number of nitrogens with zero attached hydrogens (tertiary/aromatic N) is 4. The second-order valence-corrected chi connectivity index (χ2v) is 7.00. The number of aromatic nitrogens is 3. The first-order chi connectivity index (χ1) is 13.9. The Morgan fingerprint density at radius 2 is 1.82 bits per heavy atom. The third-order valence-electron chi connectivity index (χ3n) is 5.31. The average Bonchev–Trinajstić information content (AvgIpc) is 3.39. The maximum absolute atomic E-state index is 6.06. The zero-order chi connectivity index (χ0) is 18.8. The summed E-state index contributed by atoms with van der Waals surface area (Å²) in [6.45, 7) is 4.16. The number of pyridine rings is 1. The molecule has 4 aromatic rings. The number of rotatable bonds is 5. The lowest BCUT2D eigenvalue weighted by atomic mass is 10.1. The molecular weight excluding hydrogens is 352 g/mol. The van der Waals surface area contributed by atoms with Crippen molar-refractivity contribution in [2.24, 2.45) is 0 Å². The smallest absolute Gasteiger partial charge is 0.176 e. The molecule has 5 rings (SSSR count). The lowest BCUT2D eigenvalue weighted by Crippen LogP contribution is -2.40. The minimum Gasteiger partial charge on any atom is -0.453 e. The molecule has 3 aromatic heterocycles. The Morgan fingerprint density at radius 1 is 1.00 bits per heavy atom. The van der Waals surface area contributed by atoms with Gasteiger partial charge in [-0.1, -0.05) is 18.2 Å². The van der Waals surface area contributed by atoms with Crippen molar-refractivity contribution in [2.75, 3.05) is 26.3 Å². The molecule has 0 saturated carbocycles. The zero-order valence-corrected chi connectivity index (χ0v) is 15.6. The van der Waals surface area contributed by atoms with E-state index in [-0.39, 0.29) is 6.04 Å². The molecule has 1 atom stereocenters. The molecule has 4 heterocycles. The van der Waals surface area contributed by atoms with Gasteiger partial charge in [-0.2, -0.15) is 0 Å². The van der Waals surface area contributed by atoms with Crippen LogP contribution in [-0.4, -0.2) is 45.7 Å². The van der Waals surface area contributed by atoms with Gasteiger partial charge in [0.05, 0.1) is 19.3 Å². The van der Waals surface area contributed by atoms with E-state index in [1.54, 1.807) is 0 Å². The fourth-order valence-electron chi connectivity index (χ4n) is 3.87. The summed E-state index contributed by atoms with van der Waals surface area (Å²) in [7, 11) is 0. The number of para-hydroxylation sites is 1. The molecule has 1 unspecified atom stereocenters. The van der Waals surface area contributed by atoms with Crippen LogP contribution in [0.4, 0.5) is 0 Å². The molecule has 0 amide bonds. The number of imidazole rings is 1. The Kier molecular flexibility index (Phi) is 4.64. The van der Waals surface area contributed by atoms with Crippen LogP contribution in [0.5, 0.6) is 0 Å². The molecule has 0 radical (unpaired) electrons. The molecule has 0 bridgehead atoms. The summed E-state index contributed by atoms with van der Waals surface area (Å²) in [5, 5.41) is 1.09. The van der Waals surface area contributed by atoms with E-state index in [1.165, 1.54) is 5.56 Å². The van der Waals surface area contributed by atoms with Gasteiger partial charge < -0.3 is 13.7 Å². The van der Waals surface area contributed by atoms with Crippen molar-refractivity contribution in [3.05, 3.63) is 72.8 Å². The van der Waals surface area contributed by atoms with E-state index in [1.807, 2.05) is 43.0 Å². The fraction of sp³-hybridized carbons (Fsp3) is 0.273.